The third-order valence-corrected chi connectivity index (χ3v) is 14.5. The number of rotatable bonds is 4. The highest BCUT2D eigenvalue weighted by molar-refractivity contribution is 6.14. The van der Waals surface area contributed by atoms with Gasteiger partial charge in [0.1, 0.15) is 11.5 Å². The molecular formula is C58H46N2O. The van der Waals surface area contributed by atoms with E-state index < -0.39 is 5.66 Å². The van der Waals surface area contributed by atoms with Gasteiger partial charge in [-0.2, -0.15) is 0 Å². The lowest BCUT2D eigenvalue weighted by molar-refractivity contribution is 0.329. The lowest BCUT2D eigenvalue weighted by Crippen LogP contribution is -2.45. The molecule has 1 spiro atoms. The molecule has 5 unspecified atom stereocenters. The summed E-state index contributed by atoms with van der Waals surface area (Å²) in [5, 5.41) is 8.94. The fourth-order valence-electron chi connectivity index (χ4n) is 11.3. The Balaban J connectivity index is 0.918. The molecule has 12 rings (SSSR count). The fraction of sp³-hybridized carbons (Fsp3) is 0.155. The van der Waals surface area contributed by atoms with E-state index in [-0.39, 0.29) is 22.2 Å². The van der Waals surface area contributed by atoms with E-state index in [2.05, 4.69) is 226 Å². The molecule has 1 N–H and O–H groups in total. The molecule has 7 aromatic carbocycles. The van der Waals surface area contributed by atoms with Crippen LogP contribution in [0.4, 0.5) is 0 Å². The van der Waals surface area contributed by atoms with Crippen molar-refractivity contribution in [3.8, 4) is 11.5 Å². The van der Waals surface area contributed by atoms with Crippen molar-refractivity contribution in [2.24, 2.45) is 16.3 Å². The van der Waals surface area contributed by atoms with Gasteiger partial charge in [0.05, 0.1) is 11.1 Å². The summed E-state index contributed by atoms with van der Waals surface area (Å²) >= 11 is 0. The SMILES string of the molecule is CC1(C2=CC(c3ccc4c(ccc5ccccc54)c3)=NC(C)(c3ccccc3)N2)C=CC(c2ccc3c(c2)Oc2ccccc2C32c3ccccc3C3(C)C=CC=CC32)=CC1. The molecular weight excluding hydrogens is 741 g/mol. The van der Waals surface area contributed by atoms with Crippen LogP contribution in [-0.4, -0.2) is 5.71 Å². The van der Waals surface area contributed by atoms with E-state index in [1.54, 1.807) is 0 Å². The molecule has 5 aliphatic rings. The molecule has 0 bridgehead atoms. The Kier molecular flexibility index (Phi) is 7.67. The Morgan fingerprint density at radius 1 is 0.607 bits per heavy atom. The second-order valence-corrected chi connectivity index (χ2v) is 18.1. The van der Waals surface area contributed by atoms with Gasteiger partial charge in [-0.05, 0) is 87.0 Å². The number of hydrogen-bond donors (Lipinski definition) is 1. The monoisotopic (exact) mass is 786 g/mol. The maximum Gasteiger partial charge on any atom is 0.153 e. The highest BCUT2D eigenvalue weighted by Crippen LogP contribution is 2.66. The predicted octanol–water partition coefficient (Wildman–Crippen LogP) is 13.6. The topological polar surface area (TPSA) is 33.6 Å². The Morgan fingerprint density at radius 3 is 2.18 bits per heavy atom. The molecule has 294 valence electrons. The minimum atomic E-state index is -0.653. The molecule has 7 aromatic rings. The molecule has 0 fully saturated rings. The molecule has 0 radical (unpaired) electrons. The number of para-hydroxylation sites is 1. The second-order valence-electron chi connectivity index (χ2n) is 18.1. The molecule has 0 aromatic heterocycles. The molecule has 3 nitrogen and oxygen atoms in total. The molecule has 0 amide bonds. The first-order valence-corrected chi connectivity index (χ1v) is 21.6. The van der Waals surface area contributed by atoms with Gasteiger partial charge in [-0.1, -0.05) is 190 Å². The minimum absolute atomic E-state index is 0.142. The molecule has 61 heavy (non-hydrogen) atoms. The van der Waals surface area contributed by atoms with Gasteiger partial charge in [0.2, 0.25) is 0 Å². The molecule has 2 heterocycles. The average molecular weight is 787 g/mol. The van der Waals surface area contributed by atoms with Crippen LogP contribution < -0.4 is 10.1 Å². The zero-order valence-corrected chi connectivity index (χ0v) is 34.7. The maximum absolute atomic E-state index is 6.90. The van der Waals surface area contributed by atoms with Crippen molar-refractivity contribution in [2.75, 3.05) is 0 Å². The van der Waals surface area contributed by atoms with Crippen molar-refractivity contribution < 1.29 is 4.74 Å². The second kappa shape index (κ2) is 13.0. The zero-order chi connectivity index (χ0) is 41.0. The summed E-state index contributed by atoms with van der Waals surface area (Å²) in [6.07, 6.45) is 19.5. The number of nitrogens with zero attached hydrogens (tertiary/aromatic N) is 1. The van der Waals surface area contributed by atoms with Crippen LogP contribution in [0.5, 0.6) is 11.5 Å². The number of aliphatic imine (C=N–C) groups is 1. The third-order valence-electron chi connectivity index (χ3n) is 14.5. The number of hydrogen-bond acceptors (Lipinski definition) is 3. The summed E-state index contributed by atoms with van der Waals surface area (Å²) < 4.78 is 6.90. The predicted molar refractivity (Wildman–Crippen MR) is 251 cm³/mol. The lowest BCUT2D eigenvalue weighted by Gasteiger charge is -2.45. The van der Waals surface area contributed by atoms with Gasteiger partial charge in [-0.3, -0.25) is 4.99 Å². The Bertz CT molecular complexity index is 3180. The highest BCUT2D eigenvalue weighted by atomic mass is 16.5. The largest absolute Gasteiger partial charge is 0.457 e. The average Bonchev–Trinajstić information content (AvgIpc) is 3.54. The van der Waals surface area contributed by atoms with Crippen LogP contribution in [0, 0.1) is 11.3 Å². The van der Waals surface area contributed by atoms with Crippen LogP contribution in [0.3, 0.4) is 0 Å². The lowest BCUT2D eigenvalue weighted by atomic mass is 9.59. The van der Waals surface area contributed by atoms with Crippen molar-refractivity contribution >= 4 is 32.8 Å². The number of benzene rings is 7. The molecule has 0 saturated heterocycles. The van der Waals surface area contributed by atoms with Crippen LogP contribution in [0.2, 0.25) is 0 Å². The summed E-state index contributed by atoms with van der Waals surface area (Å²) in [4.78, 5) is 5.46. The van der Waals surface area contributed by atoms with Gasteiger partial charge >= 0.3 is 0 Å². The van der Waals surface area contributed by atoms with Crippen molar-refractivity contribution in [3.05, 3.63) is 245 Å². The minimum Gasteiger partial charge on any atom is -0.457 e. The van der Waals surface area contributed by atoms with Gasteiger partial charge in [-0.25, -0.2) is 0 Å². The van der Waals surface area contributed by atoms with Gasteiger partial charge in [0.15, 0.2) is 5.66 Å². The van der Waals surface area contributed by atoms with Crippen LogP contribution in [0.1, 0.15) is 66.1 Å². The van der Waals surface area contributed by atoms with Gasteiger partial charge in [0, 0.05) is 39.1 Å². The van der Waals surface area contributed by atoms with Crippen molar-refractivity contribution in [3.63, 3.8) is 0 Å². The van der Waals surface area contributed by atoms with Crippen molar-refractivity contribution in [1.29, 1.82) is 0 Å². The van der Waals surface area contributed by atoms with Crippen LogP contribution in [0.25, 0.3) is 27.1 Å². The first kappa shape index (κ1) is 35.9. The molecule has 2 aliphatic heterocycles. The molecule has 3 heteroatoms. The van der Waals surface area contributed by atoms with Crippen LogP contribution >= 0.6 is 0 Å². The van der Waals surface area contributed by atoms with E-state index in [0.29, 0.717) is 0 Å². The van der Waals surface area contributed by atoms with Gasteiger partial charge in [0.25, 0.3) is 0 Å². The molecule has 3 aliphatic carbocycles. The van der Waals surface area contributed by atoms with E-state index in [1.165, 1.54) is 49.4 Å². The van der Waals surface area contributed by atoms with Crippen LogP contribution in [0.15, 0.2) is 211 Å². The van der Waals surface area contributed by atoms with E-state index in [9.17, 15) is 0 Å². The summed E-state index contributed by atoms with van der Waals surface area (Å²) in [6.45, 7) is 6.95. The number of fused-ring (bicyclic) bond motifs is 12. The Hall–Kier alpha value is -6.97. The number of ether oxygens (including phenoxy) is 1. The summed E-state index contributed by atoms with van der Waals surface area (Å²) in [5.41, 5.74) is 10.5. The van der Waals surface area contributed by atoms with E-state index >= 15 is 0 Å². The van der Waals surface area contributed by atoms with Gasteiger partial charge in [-0.15, -0.1) is 0 Å². The zero-order valence-electron chi connectivity index (χ0n) is 34.7. The van der Waals surface area contributed by atoms with E-state index in [1.807, 2.05) is 0 Å². The summed E-state index contributed by atoms with van der Waals surface area (Å²) in [7, 11) is 0. The Morgan fingerprint density at radius 2 is 1.33 bits per heavy atom. The first-order chi connectivity index (χ1) is 29.8. The Labute approximate surface area is 357 Å². The van der Waals surface area contributed by atoms with E-state index in [4.69, 9.17) is 9.73 Å². The normalized spacial score (nSPS) is 26.7. The van der Waals surface area contributed by atoms with Crippen LogP contribution in [-0.2, 0) is 16.5 Å². The van der Waals surface area contributed by atoms with Crippen molar-refractivity contribution in [2.45, 2.75) is 43.7 Å². The third kappa shape index (κ3) is 5.20. The summed E-state index contributed by atoms with van der Waals surface area (Å²) in [5.74, 6) is 2.07. The smallest absolute Gasteiger partial charge is 0.153 e. The van der Waals surface area contributed by atoms with Crippen molar-refractivity contribution in [1.82, 2.24) is 5.32 Å². The summed E-state index contributed by atoms with van der Waals surface area (Å²) in [6, 6.07) is 55.2. The number of nitrogens with one attached hydrogen (secondary N) is 1. The standard InChI is InChI=1S/C58H46N2O/c1-55(54-37-50(59-57(3,60-54)43-16-5-4-6-17-43)42-26-28-45-41(35-42)25-24-39-15-7-8-18-44(39)45)33-30-38(31-34-55)40-27-29-49-52(36-40)61-51-22-12-11-21-48(51)58(49)47-20-10-9-19-46(47)56(2)32-14-13-23-53(56)58/h4-33,35-37,53,60H,34H2,1-3H3. The fourth-order valence-corrected chi connectivity index (χ4v) is 11.3. The maximum atomic E-state index is 6.90. The first-order valence-electron chi connectivity index (χ1n) is 21.6. The quantitative estimate of drug-likeness (QED) is 0.180. The number of allylic oxidation sites excluding steroid dienone is 9. The van der Waals surface area contributed by atoms with E-state index in [0.717, 1.165) is 46.0 Å². The molecule has 0 saturated carbocycles. The van der Waals surface area contributed by atoms with Gasteiger partial charge < -0.3 is 10.1 Å². The highest BCUT2D eigenvalue weighted by Gasteiger charge is 2.61. The molecule has 5 atom stereocenters.